The van der Waals surface area contributed by atoms with Gasteiger partial charge < -0.3 is 9.64 Å². The maximum atomic E-state index is 11.7. The first kappa shape index (κ1) is 22.4. The van der Waals surface area contributed by atoms with Gasteiger partial charge in [-0.2, -0.15) is 0 Å². The zero-order chi connectivity index (χ0) is 18.2. The molecule has 0 heterocycles. The molecule has 0 aliphatic heterocycles. The number of ether oxygens (including phenoxy) is 1. The molecule has 24 heavy (non-hydrogen) atoms. The Kier molecular flexibility index (Phi) is 14.0. The number of unbranched alkanes of at least 4 members (excludes halogenated alkanes) is 7. The van der Waals surface area contributed by atoms with E-state index in [2.05, 4.69) is 19.2 Å². The highest BCUT2D eigenvalue weighted by atomic mass is 16.5. The molecule has 0 atom stereocenters. The van der Waals surface area contributed by atoms with E-state index in [1.165, 1.54) is 24.2 Å². The lowest BCUT2D eigenvalue weighted by Gasteiger charge is -2.19. The molecule has 0 aromatic rings. The highest BCUT2D eigenvalue weighted by Gasteiger charge is 2.13. The first-order valence-electron chi connectivity index (χ1n) is 9.26. The third-order valence-electron chi connectivity index (χ3n) is 3.77. The highest BCUT2D eigenvalue weighted by molar-refractivity contribution is 5.96. The summed E-state index contributed by atoms with van der Waals surface area (Å²) in [6.45, 7) is 4.68. The number of nitrogens with one attached hydrogen (secondary N) is 2. The molecular formula is C18H35N3O3. The molecule has 0 saturated heterocycles. The maximum absolute atomic E-state index is 11.7. The van der Waals surface area contributed by atoms with Gasteiger partial charge in [-0.25, -0.2) is 0 Å². The lowest BCUT2D eigenvalue weighted by Crippen LogP contribution is -2.43. The van der Waals surface area contributed by atoms with Crippen molar-refractivity contribution in [2.75, 3.05) is 20.2 Å². The number of hydrogen-bond donors (Lipinski definition) is 2. The predicted molar refractivity (Wildman–Crippen MR) is 97.0 cm³/mol. The summed E-state index contributed by atoms with van der Waals surface area (Å²) < 4.78 is 5.15. The highest BCUT2D eigenvalue weighted by Crippen LogP contribution is 2.03. The van der Waals surface area contributed by atoms with Crippen LogP contribution in [-0.4, -0.2) is 42.9 Å². The van der Waals surface area contributed by atoms with Gasteiger partial charge >= 0.3 is 5.97 Å². The topological polar surface area (TPSA) is 82.5 Å². The van der Waals surface area contributed by atoms with Crippen LogP contribution in [0.1, 0.15) is 78.1 Å². The fourth-order valence-electron chi connectivity index (χ4n) is 2.21. The molecule has 0 rings (SSSR count). The molecular weight excluding hydrogens is 306 g/mol. The van der Waals surface area contributed by atoms with Crippen LogP contribution in [0.3, 0.4) is 0 Å². The zero-order valence-electron chi connectivity index (χ0n) is 15.7. The molecule has 0 saturated carbocycles. The number of amides is 1. The minimum Gasteiger partial charge on any atom is -0.464 e. The summed E-state index contributed by atoms with van der Waals surface area (Å²) in [5.74, 6) is -0.599. The Hall–Kier alpha value is -1.59. The van der Waals surface area contributed by atoms with Crippen molar-refractivity contribution < 1.29 is 14.3 Å². The van der Waals surface area contributed by atoms with E-state index in [0.717, 1.165) is 38.5 Å². The van der Waals surface area contributed by atoms with Gasteiger partial charge in [-0.3, -0.25) is 20.3 Å². The Morgan fingerprint density at radius 3 is 2.17 bits per heavy atom. The molecule has 6 nitrogen and oxygen atoms in total. The summed E-state index contributed by atoms with van der Waals surface area (Å²) in [7, 11) is 1.60. The van der Waals surface area contributed by atoms with E-state index in [1.54, 1.807) is 7.05 Å². The molecule has 6 heteroatoms. The number of guanidine groups is 1. The van der Waals surface area contributed by atoms with Gasteiger partial charge in [-0.05, 0) is 12.8 Å². The van der Waals surface area contributed by atoms with E-state index in [0.29, 0.717) is 13.0 Å². The van der Waals surface area contributed by atoms with E-state index < -0.39 is 0 Å². The third kappa shape index (κ3) is 12.9. The predicted octanol–water partition coefficient (Wildman–Crippen LogP) is 3.45. The number of esters is 1. The summed E-state index contributed by atoms with van der Waals surface area (Å²) >= 11 is 0. The molecule has 2 N–H and O–H groups in total. The Labute approximate surface area is 146 Å². The van der Waals surface area contributed by atoms with Gasteiger partial charge in [0.1, 0.15) is 6.54 Å². The van der Waals surface area contributed by atoms with Crippen molar-refractivity contribution in [2.24, 2.45) is 0 Å². The molecule has 0 spiro atoms. The molecule has 1 amide bonds. The number of hydrogen-bond acceptors (Lipinski definition) is 4. The van der Waals surface area contributed by atoms with Crippen molar-refractivity contribution in [3.05, 3.63) is 0 Å². The number of carbonyl (C=O) groups excluding carboxylic acids is 2. The smallest absolute Gasteiger partial charge is 0.325 e. The van der Waals surface area contributed by atoms with E-state index in [1.807, 2.05) is 0 Å². The van der Waals surface area contributed by atoms with Crippen LogP contribution in [0.15, 0.2) is 0 Å². The van der Waals surface area contributed by atoms with Crippen molar-refractivity contribution in [1.29, 1.82) is 5.41 Å². The first-order chi connectivity index (χ1) is 11.5. The molecule has 0 radical (unpaired) electrons. The summed E-state index contributed by atoms with van der Waals surface area (Å²) in [5, 5.41) is 10.3. The van der Waals surface area contributed by atoms with Gasteiger partial charge in [0.05, 0.1) is 6.61 Å². The minimum atomic E-state index is -0.366. The third-order valence-corrected chi connectivity index (χ3v) is 3.77. The van der Waals surface area contributed by atoms with Crippen LogP contribution in [0.2, 0.25) is 0 Å². The van der Waals surface area contributed by atoms with Crippen LogP contribution in [0, 0.1) is 5.41 Å². The average Bonchev–Trinajstić information content (AvgIpc) is 2.54. The number of likely N-dealkylation sites (N-methyl/N-ethyl adjacent to an activating group) is 1. The van der Waals surface area contributed by atoms with Crippen LogP contribution in [0.5, 0.6) is 0 Å². The first-order valence-corrected chi connectivity index (χ1v) is 9.26. The van der Waals surface area contributed by atoms with Crippen LogP contribution in [0.25, 0.3) is 0 Å². The number of nitrogens with zero attached hydrogens (tertiary/aromatic N) is 1. The van der Waals surface area contributed by atoms with Crippen LogP contribution < -0.4 is 5.32 Å². The quantitative estimate of drug-likeness (QED) is 0.233. The van der Waals surface area contributed by atoms with Crippen LogP contribution in [0.4, 0.5) is 0 Å². The van der Waals surface area contributed by atoms with Gasteiger partial charge in [0, 0.05) is 13.5 Å². The molecule has 0 bridgehead atoms. The Morgan fingerprint density at radius 2 is 1.54 bits per heavy atom. The average molecular weight is 341 g/mol. The molecule has 0 aliphatic carbocycles. The monoisotopic (exact) mass is 341 g/mol. The lowest BCUT2D eigenvalue weighted by atomic mass is 10.1. The van der Waals surface area contributed by atoms with Crippen LogP contribution >= 0.6 is 0 Å². The molecule has 0 aromatic carbocycles. The van der Waals surface area contributed by atoms with Crippen molar-refractivity contribution in [3.8, 4) is 0 Å². The van der Waals surface area contributed by atoms with E-state index >= 15 is 0 Å². The second-order valence-corrected chi connectivity index (χ2v) is 6.20. The van der Waals surface area contributed by atoms with Gasteiger partial charge in [0.15, 0.2) is 5.96 Å². The molecule has 0 aliphatic rings. The van der Waals surface area contributed by atoms with Crippen molar-refractivity contribution in [3.63, 3.8) is 0 Å². The maximum Gasteiger partial charge on any atom is 0.325 e. The number of rotatable bonds is 13. The fourth-order valence-corrected chi connectivity index (χ4v) is 2.21. The van der Waals surface area contributed by atoms with Crippen LogP contribution in [-0.2, 0) is 14.3 Å². The lowest BCUT2D eigenvalue weighted by molar-refractivity contribution is -0.144. The SMILES string of the molecule is CCCCCCCOC(=O)CN(C)C(=N)NC(=O)CCCCCC. The van der Waals surface area contributed by atoms with Gasteiger partial charge in [-0.1, -0.05) is 58.8 Å². The minimum absolute atomic E-state index is 0.0239. The summed E-state index contributed by atoms with van der Waals surface area (Å²) in [6, 6.07) is 0. The van der Waals surface area contributed by atoms with E-state index in [4.69, 9.17) is 10.1 Å². The van der Waals surface area contributed by atoms with Crippen molar-refractivity contribution in [2.45, 2.75) is 78.1 Å². The molecule has 0 aromatic heterocycles. The fraction of sp³-hybridized carbons (Fsp3) is 0.833. The second-order valence-electron chi connectivity index (χ2n) is 6.20. The summed E-state index contributed by atoms with van der Waals surface area (Å²) in [6.07, 6.45) is 10.0. The molecule has 0 fully saturated rings. The van der Waals surface area contributed by atoms with E-state index in [-0.39, 0.29) is 24.4 Å². The Bertz CT molecular complexity index is 373. The van der Waals surface area contributed by atoms with E-state index in [9.17, 15) is 9.59 Å². The zero-order valence-corrected chi connectivity index (χ0v) is 15.7. The summed E-state index contributed by atoms with van der Waals surface area (Å²) in [5.41, 5.74) is 0. The Balaban J connectivity index is 3.79. The van der Waals surface area contributed by atoms with Crippen molar-refractivity contribution >= 4 is 17.8 Å². The standard InChI is InChI=1S/C18H35N3O3/c1-4-6-8-10-12-14-24-17(23)15-21(3)18(19)20-16(22)13-11-9-7-5-2/h4-15H2,1-3H3,(H2,19,20,22). The number of carbonyl (C=O) groups is 2. The Morgan fingerprint density at radius 1 is 0.958 bits per heavy atom. The normalized spacial score (nSPS) is 10.3. The summed E-state index contributed by atoms with van der Waals surface area (Å²) in [4.78, 5) is 24.8. The largest absolute Gasteiger partial charge is 0.464 e. The van der Waals surface area contributed by atoms with Gasteiger partial charge in [0.2, 0.25) is 5.91 Å². The molecule has 140 valence electrons. The van der Waals surface area contributed by atoms with Gasteiger partial charge in [-0.15, -0.1) is 0 Å². The van der Waals surface area contributed by atoms with Gasteiger partial charge in [0.25, 0.3) is 0 Å². The van der Waals surface area contributed by atoms with Crippen molar-refractivity contribution in [1.82, 2.24) is 10.2 Å². The molecule has 0 unspecified atom stereocenters. The second kappa shape index (κ2) is 15.0.